The Bertz CT molecular complexity index is 419. The van der Waals surface area contributed by atoms with E-state index in [-0.39, 0.29) is 12.1 Å². The summed E-state index contributed by atoms with van der Waals surface area (Å²) in [7, 11) is 1.47. The largest absolute Gasteiger partial charge is 0.496 e. The van der Waals surface area contributed by atoms with Crippen LogP contribution in [0.3, 0.4) is 0 Å². The van der Waals surface area contributed by atoms with Gasteiger partial charge >= 0.3 is 0 Å². The molecule has 0 atom stereocenters. The fourth-order valence-electron chi connectivity index (χ4n) is 1.31. The number of nitro benzene ring substituents is 1. The fraction of sp³-hybridized carbons (Fsp3) is 0.300. The maximum atomic E-state index is 10.6. The highest BCUT2D eigenvalue weighted by molar-refractivity contribution is 6.63. The first-order chi connectivity index (χ1) is 7.54. The number of carbonyl (C=O) groups excluding carboxylic acids is 1. The number of non-ortho nitro benzene ring substituents is 1. The van der Waals surface area contributed by atoms with Crippen LogP contribution in [-0.4, -0.2) is 17.3 Å². The van der Waals surface area contributed by atoms with Crippen molar-refractivity contribution in [1.82, 2.24) is 0 Å². The summed E-state index contributed by atoms with van der Waals surface area (Å²) in [5, 5.41) is 10.1. The predicted octanol–water partition coefficient (Wildman–Crippen LogP) is 2.30. The molecule has 16 heavy (non-hydrogen) atoms. The molecule has 0 bridgehead atoms. The van der Waals surface area contributed by atoms with Gasteiger partial charge in [-0.25, -0.2) is 0 Å². The van der Waals surface area contributed by atoms with Crippen molar-refractivity contribution in [3.8, 4) is 5.75 Å². The molecule has 0 heterocycles. The Morgan fingerprint density at radius 1 is 1.56 bits per heavy atom. The average Bonchev–Trinajstić information content (AvgIpc) is 2.25. The molecule has 1 aromatic carbocycles. The maximum absolute atomic E-state index is 10.6. The molecule has 0 spiro atoms. The highest BCUT2D eigenvalue weighted by Gasteiger charge is 2.11. The number of nitrogens with zero attached hydrogens (tertiary/aromatic N) is 1. The third-order valence-electron chi connectivity index (χ3n) is 2.07. The number of methoxy groups -OCH3 is 1. The number of benzene rings is 1. The van der Waals surface area contributed by atoms with Crippen LogP contribution < -0.4 is 4.74 Å². The van der Waals surface area contributed by atoms with Crippen molar-refractivity contribution in [2.45, 2.75) is 12.8 Å². The van der Waals surface area contributed by atoms with E-state index in [0.29, 0.717) is 17.7 Å². The van der Waals surface area contributed by atoms with Crippen LogP contribution in [0.2, 0.25) is 0 Å². The van der Waals surface area contributed by atoms with E-state index in [0.717, 1.165) is 0 Å². The molecule has 0 saturated carbocycles. The molecule has 0 N–H and O–H groups in total. The van der Waals surface area contributed by atoms with E-state index >= 15 is 0 Å². The fourth-order valence-corrected chi connectivity index (χ4v) is 1.40. The molecule has 0 amide bonds. The van der Waals surface area contributed by atoms with Gasteiger partial charge in [-0.1, -0.05) is 0 Å². The molecule has 0 aliphatic heterocycles. The Labute approximate surface area is 97.1 Å². The minimum absolute atomic E-state index is 0.0298. The van der Waals surface area contributed by atoms with Crippen LogP contribution >= 0.6 is 11.6 Å². The summed E-state index contributed by atoms with van der Waals surface area (Å²) in [6.45, 7) is 0. The molecular weight excluding hydrogens is 234 g/mol. The Morgan fingerprint density at radius 3 is 2.75 bits per heavy atom. The van der Waals surface area contributed by atoms with Crippen LogP contribution in [0.1, 0.15) is 12.0 Å². The quantitative estimate of drug-likeness (QED) is 0.452. The van der Waals surface area contributed by atoms with Gasteiger partial charge in [-0.2, -0.15) is 0 Å². The summed E-state index contributed by atoms with van der Waals surface area (Å²) in [5.74, 6) is 0.517. The van der Waals surface area contributed by atoms with Gasteiger partial charge in [0.1, 0.15) is 5.75 Å². The topological polar surface area (TPSA) is 69.4 Å². The molecule has 1 aromatic rings. The third-order valence-corrected chi connectivity index (χ3v) is 2.25. The summed E-state index contributed by atoms with van der Waals surface area (Å²) >= 11 is 5.21. The highest BCUT2D eigenvalue weighted by atomic mass is 35.5. The molecule has 0 unspecified atom stereocenters. The summed E-state index contributed by atoms with van der Waals surface area (Å²) < 4.78 is 5.04. The third kappa shape index (κ3) is 3.20. The van der Waals surface area contributed by atoms with E-state index in [1.807, 2.05) is 0 Å². The van der Waals surface area contributed by atoms with Crippen LogP contribution in [0.5, 0.6) is 5.75 Å². The van der Waals surface area contributed by atoms with E-state index in [9.17, 15) is 14.9 Å². The smallest absolute Gasteiger partial charge is 0.269 e. The number of carbonyl (C=O) groups is 1. The van der Waals surface area contributed by atoms with Gasteiger partial charge in [0.2, 0.25) is 5.24 Å². The van der Waals surface area contributed by atoms with Crippen molar-refractivity contribution in [2.24, 2.45) is 0 Å². The van der Waals surface area contributed by atoms with Crippen LogP contribution in [0.25, 0.3) is 0 Å². The van der Waals surface area contributed by atoms with Gasteiger partial charge in [-0.05, 0) is 24.1 Å². The normalized spacial score (nSPS) is 9.88. The number of ether oxygens (including phenoxy) is 1. The molecule has 6 heteroatoms. The highest BCUT2D eigenvalue weighted by Crippen LogP contribution is 2.25. The van der Waals surface area contributed by atoms with Crippen LogP contribution in [-0.2, 0) is 11.2 Å². The second kappa shape index (κ2) is 5.46. The van der Waals surface area contributed by atoms with E-state index in [2.05, 4.69) is 0 Å². The Balaban J connectivity index is 2.97. The van der Waals surface area contributed by atoms with Crippen LogP contribution in [0.15, 0.2) is 18.2 Å². The second-order valence-corrected chi connectivity index (χ2v) is 3.53. The Kier molecular flexibility index (Phi) is 4.25. The van der Waals surface area contributed by atoms with Gasteiger partial charge < -0.3 is 4.74 Å². The summed E-state index contributed by atoms with van der Waals surface area (Å²) in [6.07, 6.45) is 0.451. The Morgan fingerprint density at radius 2 is 2.25 bits per heavy atom. The van der Waals surface area contributed by atoms with Crippen molar-refractivity contribution in [3.05, 3.63) is 33.9 Å². The lowest BCUT2D eigenvalue weighted by Crippen LogP contribution is -1.97. The number of nitro groups is 1. The van der Waals surface area contributed by atoms with Crippen molar-refractivity contribution in [2.75, 3.05) is 7.11 Å². The zero-order valence-corrected chi connectivity index (χ0v) is 9.36. The molecule has 0 saturated heterocycles. The number of hydrogen-bond donors (Lipinski definition) is 0. The summed E-state index contributed by atoms with van der Waals surface area (Å²) in [4.78, 5) is 20.7. The monoisotopic (exact) mass is 243 g/mol. The molecule has 0 radical (unpaired) electrons. The zero-order chi connectivity index (χ0) is 12.1. The number of aryl methyl sites for hydroxylation is 1. The lowest BCUT2D eigenvalue weighted by molar-refractivity contribution is -0.384. The standard InChI is InChI=1S/C10H10ClNO4/c1-16-9-4-3-8(12(14)15)6-7(9)2-5-10(11)13/h3-4,6H,2,5H2,1H3. The van der Waals surface area contributed by atoms with E-state index in [1.165, 1.54) is 25.3 Å². The average molecular weight is 244 g/mol. The van der Waals surface area contributed by atoms with Crippen molar-refractivity contribution in [3.63, 3.8) is 0 Å². The summed E-state index contributed by atoms with van der Waals surface area (Å²) in [5.41, 5.74) is 0.573. The van der Waals surface area contributed by atoms with Crippen LogP contribution in [0, 0.1) is 10.1 Å². The van der Waals surface area contributed by atoms with Gasteiger partial charge in [0.25, 0.3) is 5.69 Å². The molecule has 0 aliphatic carbocycles. The molecule has 0 aromatic heterocycles. The van der Waals surface area contributed by atoms with Gasteiger partial charge in [-0.15, -0.1) is 0 Å². The first-order valence-corrected chi connectivity index (χ1v) is 4.92. The first-order valence-electron chi connectivity index (χ1n) is 4.54. The SMILES string of the molecule is COc1ccc([N+](=O)[O-])cc1CCC(=O)Cl. The minimum Gasteiger partial charge on any atom is -0.496 e. The van der Waals surface area contributed by atoms with Gasteiger partial charge in [0, 0.05) is 24.1 Å². The molecule has 86 valence electrons. The summed E-state index contributed by atoms with van der Waals surface area (Å²) in [6, 6.07) is 4.25. The van der Waals surface area contributed by atoms with Crippen molar-refractivity contribution in [1.29, 1.82) is 0 Å². The van der Waals surface area contributed by atoms with Gasteiger partial charge in [0.05, 0.1) is 12.0 Å². The van der Waals surface area contributed by atoms with Crippen molar-refractivity contribution >= 4 is 22.5 Å². The predicted molar refractivity (Wildman–Crippen MR) is 58.8 cm³/mol. The van der Waals surface area contributed by atoms with Crippen LogP contribution in [0.4, 0.5) is 5.69 Å². The zero-order valence-electron chi connectivity index (χ0n) is 8.60. The molecule has 1 rings (SSSR count). The van der Waals surface area contributed by atoms with E-state index in [4.69, 9.17) is 16.3 Å². The molecular formula is C10H10ClNO4. The molecule has 5 nitrogen and oxygen atoms in total. The van der Waals surface area contributed by atoms with Crippen molar-refractivity contribution < 1.29 is 14.5 Å². The number of hydrogen-bond acceptors (Lipinski definition) is 4. The maximum Gasteiger partial charge on any atom is 0.269 e. The van der Waals surface area contributed by atoms with Gasteiger partial charge in [0.15, 0.2) is 0 Å². The number of halogens is 1. The lowest BCUT2D eigenvalue weighted by atomic mass is 10.1. The van der Waals surface area contributed by atoms with E-state index < -0.39 is 10.2 Å². The second-order valence-electron chi connectivity index (χ2n) is 3.11. The van der Waals surface area contributed by atoms with Gasteiger partial charge in [-0.3, -0.25) is 14.9 Å². The Hall–Kier alpha value is -1.62. The first kappa shape index (κ1) is 12.4. The number of rotatable bonds is 5. The van der Waals surface area contributed by atoms with E-state index in [1.54, 1.807) is 0 Å². The molecule has 0 fully saturated rings. The lowest BCUT2D eigenvalue weighted by Gasteiger charge is -2.06. The minimum atomic E-state index is -0.495. The molecule has 0 aliphatic rings.